The molecule has 9 heteroatoms. The van der Waals surface area contributed by atoms with E-state index in [1.54, 1.807) is 6.07 Å². The van der Waals surface area contributed by atoms with Crippen molar-refractivity contribution in [3.8, 4) is 5.75 Å². The fraction of sp³-hybridized carbons (Fsp3) is 0.245. The van der Waals surface area contributed by atoms with Gasteiger partial charge in [-0.25, -0.2) is 0 Å². The Kier molecular flexibility index (Phi) is 13.5. The van der Waals surface area contributed by atoms with Crippen molar-refractivity contribution in [2.45, 2.75) is 43.8 Å². The van der Waals surface area contributed by atoms with Gasteiger partial charge in [-0.2, -0.15) is 0 Å². The van der Waals surface area contributed by atoms with Gasteiger partial charge >= 0.3 is 0 Å². The van der Waals surface area contributed by atoms with Crippen LogP contribution < -0.4 is 26.7 Å². The van der Waals surface area contributed by atoms with Crippen molar-refractivity contribution < 1.29 is 14.6 Å². The largest absolute Gasteiger partial charge is 0.487 e. The van der Waals surface area contributed by atoms with E-state index in [0.717, 1.165) is 84.3 Å². The number of carbonyl (C=O) groups excluding carboxylic acids is 1. The molecule has 0 saturated carbocycles. The Labute approximate surface area is 363 Å². The van der Waals surface area contributed by atoms with Gasteiger partial charge in [-0.15, -0.1) is 0 Å². The van der Waals surface area contributed by atoms with Crippen LogP contribution >= 0.6 is 0 Å². The highest BCUT2D eigenvalue weighted by Gasteiger charge is 2.49. The molecule has 8 rings (SSSR count). The first-order valence-electron chi connectivity index (χ1n) is 21.7. The first-order valence-corrected chi connectivity index (χ1v) is 21.7. The highest BCUT2D eigenvalue weighted by atomic mass is 16.5. The van der Waals surface area contributed by atoms with E-state index in [0.29, 0.717) is 31.0 Å². The number of primary amides is 1. The normalized spacial score (nSPS) is 14.8. The second-order valence-electron chi connectivity index (χ2n) is 16.3. The van der Waals surface area contributed by atoms with Crippen molar-refractivity contribution >= 4 is 28.2 Å². The van der Waals surface area contributed by atoms with E-state index in [4.69, 9.17) is 10.5 Å². The molecule has 0 unspecified atom stereocenters. The number of aliphatic hydroxyl groups is 1. The molecular weight excluding hydrogens is 771 g/mol. The van der Waals surface area contributed by atoms with E-state index >= 15 is 0 Å². The Morgan fingerprint density at radius 1 is 0.758 bits per heavy atom. The SMILES string of the molecule is NC(=O)C(c1ccccc1)(c1ccccc1)[C@@H]1CCN(CCCc2ccc(Nc3ccc(CCNC[C@@H](O)c4ccc(OCc5ccccc5)c5[nH]c(=O)ccc45)cc3)cc2)C1. The summed E-state index contributed by atoms with van der Waals surface area (Å²) in [6.07, 6.45) is 2.98. The Bertz CT molecular complexity index is 2540. The maximum Gasteiger partial charge on any atom is 0.248 e. The zero-order valence-electron chi connectivity index (χ0n) is 35.0. The number of nitrogens with zero attached hydrogens (tertiary/aromatic N) is 1. The second-order valence-corrected chi connectivity index (χ2v) is 16.3. The van der Waals surface area contributed by atoms with Gasteiger partial charge in [-0.05, 0) is 121 Å². The molecule has 1 aliphatic rings. The van der Waals surface area contributed by atoms with Crippen LogP contribution in [0.2, 0.25) is 0 Å². The molecule has 9 nitrogen and oxygen atoms in total. The van der Waals surface area contributed by atoms with Crippen LogP contribution in [0.25, 0.3) is 10.9 Å². The van der Waals surface area contributed by atoms with Gasteiger partial charge in [-0.1, -0.05) is 121 Å². The van der Waals surface area contributed by atoms with E-state index < -0.39 is 11.5 Å². The summed E-state index contributed by atoms with van der Waals surface area (Å²) in [5.41, 5.74) is 14.0. The van der Waals surface area contributed by atoms with Crippen LogP contribution in [0.5, 0.6) is 5.75 Å². The Morgan fingerprint density at radius 3 is 2.00 bits per heavy atom. The lowest BCUT2D eigenvalue weighted by Crippen LogP contribution is -2.49. The highest BCUT2D eigenvalue weighted by molar-refractivity contribution is 5.91. The number of carbonyl (C=O) groups is 1. The van der Waals surface area contributed by atoms with E-state index in [1.807, 2.05) is 103 Å². The number of pyridine rings is 1. The average molecular weight is 826 g/mol. The molecule has 7 aromatic rings. The van der Waals surface area contributed by atoms with Gasteiger partial charge in [0.1, 0.15) is 17.8 Å². The first kappa shape index (κ1) is 42.2. The lowest BCUT2D eigenvalue weighted by atomic mass is 9.64. The van der Waals surface area contributed by atoms with Crippen LogP contribution in [-0.4, -0.2) is 53.6 Å². The molecule has 1 amide bonds. The minimum absolute atomic E-state index is 0.0959. The maximum absolute atomic E-state index is 13.4. The summed E-state index contributed by atoms with van der Waals surface area (Å²) in [6, 6.07) is 54.0. The quantitative estimate of drug-likeness (QED) is 0.0518. The number of nitrogens with one attached hydrogen (secondary N) is 3. The number of hydrogen-bond acceptors (Lipinski definition) is 7. The van der Waals surface area contributed by atoms with E-state index in [1.165, 1.54) is 17.2 Å². The molecule has 1 saturated heterocycles. The maximum atomic E-state index is 13.4. The summed E-state index contributed by atoms with van der Waals surface area (Å²) in [5, 5.41) is 18.8. The molecule has 6 N–H and O–H groups in total. The fourth-order valence-electron chi connectivity index (χ4n) is 9.07. The number of nitrogens with two attached hydrogens (primary N) is 1. The molecule has 2 heterocycles. The molecule has 0 spiro atoms. The standard InChI is InChI=1S/C53H55N5O4/c54-52(61)53(41-14-6-2-7-15-41,42-16-8-3-9-17-42)43-31-34-58(36-43)33-10-13-38-18-22-44(23-19-38)56-45-24-20-39(21-25-45)30-32-55-35-48(59)46-26-28-49(51-47(46)27-29-50(60)57-51)62-37-40-11-4-1-5-12-40/h1-9,11-12,14-29,43,48,55-56,59H,10,13,30-37H2,(H2,54,61)(H,57,60)/t43-,48-/m1/s1. The summed E-state index contributed by atoms with van der Waals surface area (Å²) < 4.78 is 6.07. The lowest BCUT2D eigenvalue weighted by molar-refractivity contribution is -0.123. The molecule has 1 aromatic heterocycles. The van der Waals surface area contributed by atoms with Crippen molar-refractivity contribution in [1.29, 1.82) is 0 Å². The number of aromatic nitrogens is 1. The number of anilines is 2. The Hall–Kier alpha value is -6.52. The number of rotatable bonds is 19. The summed E-state index contributed by atoms with van der Waals surface area (Å²) in [6.45, 7) is 4.19. The van der Waals surface area contributed by atoms with Crippen molar-refractivity contribution in [2.24, 2.45) is 11.7 Å². The third-order valence-electron chi connectivity index (χ3n) is 12.3. The van der Waals surface area contributed by atoms with E-state index in [2.05, 4.69) is 69.0 Å². The number of hydrogen-bond donors (Lipinski definition) is 5. The zero-order chi connectivity index (χ0) is 42.7. The smallest absolute Gasteiger partial charge is 0.248 e. The average Bonchev–Trinajstić information content (AvgIpc) is 3.78. The minimum atomic E-state index is -0.862. The van der Waals surface area contributed by atoms with Gasteiger partial charge in [-0.3, -0.25) is 9.59 Å². The van der Waals surface area contributed by atoms with Gasteiger partial charge < -0.3 is 36.1 Å². The Morgan fingerprint density at radius 2 is 1.37 bits per heavy atom. The van der Waals surface area contributed by atoms with Crippen LogP contribution in [0, 0.1) is 5.92 Å². The number of aryl methyl sites for hydroxylation is 1. The number of H-pyrrole nitrogens is 1. The van der Waals surface area contributed by atoms with Gasteiger partial charge in [0.25, 0.3) is 0 Å². The number of ether oxygens (including phenoxy) is 1. The van der Waals surface area contributed by atoms with Crippen LogP contribution in [0.4, 0.5) is 11.4 Å². The fourth-order valence-corrected chi connectivity index (χ4v) is 9.07. The molecule has 6 aromatic carbocycles. The predicted molar refractivity (Wildman–Crippen MR) is 249 cm³/mol. The van der Waals surface area contributed by atoms with E-state index in [-0.39, 0.29) is 17.4 Å². The zero-order valence-corrected chi connectivity index (χ0v) is 35.0. The Balaban J connectivity index is 0.780. The number of aliphatic hydroxyl groups excluding tert-OH is 1. The summed E-state index contributed by atoms with van der Waals surface area (Å²) >= 11 is 0. The molecule has 2 atom stereocenters. The van der Waals surface area contributed by atoms with Gasteiger partial charge in [0, 0.05) is 35.9 Å². The molecule has 0 radical (unpaired) electrons. The lowest BCUT2D eigenvalue weighted by Gasteiger charge is -2.37. The van der Waals surface area contributed by atoms with Crippen LogP contribution in [-0.2, 0) is 29.7 Å². The molecule has 62 heavy (non-hydrogen) atoms. The summed E-state index contributed by atoms with van der Waals surface area (Å²) in [4.78, 5) is 31.1. The summed E-state index contributed by atoms with van der Waals surface area (Å²) in [7, 11) is 0. The highest BCUT2D eigenvalue weighted by Crippen LogP contribution is 2.43. The van der Waals surface area contributed by atoms with Crippen LogP contribution in [0.15, 0.2) is 169 Å². The molecule has 1 fully saturated rings. The predicted octanol–water partition coefficient (Wildman–Crippen LogP) is 8.44. The number of aromatic amines is 1. The first-order chi connectivity index (χ1) is 30.4. The number of likely N-dealkylation sites (tertiary alicyclic amines) is 1. The molecule has 316 valence electrons. The monoisotopic (exact) mass is 825 g/mol. The van der Waals surface area contributed by atoms with Gasteiger partial charge in [0.05, 0.1) is 11.6 Å². The molecule has 0 aliphatic carbocycles. The third-order valence-corrected chi connectivity index (χ3v) is 12.3. The van der Waals surface area contributed by atoms with Crippen molar-refractivity contribution in [3.05, 3.63) is 208 Å². The molecule has 0 bridgehead atoms. The number of benzene rings is 6. The second kappa shape index (κ2) is 19.9. The molecular formula is C53H55N5O4. The number of amides is 1. The number of fused-ring (bicyclic) bond motifs is 1. The van der Waals surface area contributed by atoms with Crippen LogP contribution in [0.3, 0.4) is 0 Å². The van der Waals surface area contributed by atoms with Crippen molar-refractivity contribution in [2.75, 3.05) is 38.0 Å². The van der Waals surface area contributed by atoms with Gasteiger partial charge in [0.2, 0.25) is 11.5 Å². The van der Waals surface area contributed by atoms with Crippen LogP contribution in [0.1, 0.15) is 52.3 Å². The molecule has 1 aliphatic heterocycles. The van der Waals surface area contributed by atoms with Gasteiger partial charge in [0.15, 0.2) is 0 Å². The summed E-state index contributed by atoms with van der Waals surface area (Å²) in [5.74, 6) is 0.380. The topological polar surface area (TPSA) is 133 Å². The third kappa shape index (κ3) is 9.82. The van der Waals surface area contributed by atoms with Crippen molar-refractivity contribution in [1.82, 2.24) is 15.2 Å². The van der Waals surface area contributed by atoms with E-state index in [9.17, 15) is 14.7 Å². The minimum Gasteiger partial charge on any atom is -0.487 e. The van der Waals surface area contributed by atoms with Crippen molar-refractivity contribution in [3.63, 3.8) is 0 Å².